The molecule has 0 radical (unpaired) electrons. The van der Waals surface area contributed by atoms with E-state index in [0.29, 0.717) is 17.7 Å². The van der Waals surface area contributed by atoms with Crippen molar-refractivity contribution in [3.8, 4) is 0 Å². The number of hydrogen-bond donors (Lipinski definition) is 1. The molecule has 0 aromatic rings. The van der Waals surface area contributed by atoms with Crippen molar-refractivity contribution in [3.05, 3.63) is 0 Å². The first-order valence-corrected chi connectivity index (χ1v) is 6.10. The summed E-state index contributed by atoms with van der Waals surface area (Å²) in [4.78, 5) is 13.5. The lowest BCUT2D eigenvalue weighted by atomic mass is 10.2. The molecule has 2 saturated heterocycles. The highest BCUT2D eigenvalue weighted by atomic mass is 32.2. The lowest BCUT2D eigenvalue weighted by molar-refractivity contribution is -0.128. The molecule has 0 aromatic carbocycles. The van der Waals surface area contributed by atoms with Crippen LogP contribution in [0.15, 0.2) is 0 Å². The number of hydrogen-bond acceptors (Lipinski definition) is 3. The van der Waals surface area contributed by atoms with Crippen LogP contribution in [0.1, 0.15) is 12.8 Å². The van der Waals surface area contributed by atoms with Gasteiger partial charge in [0.25, 0.3) is 0 Å². The predicted molar refractivity (Wildman–Crippen MR) is 54.9 cm³/mol. The van der Waals surface area contributed by atoms with Crippen molar-refractivity contribution in [3.63, 3.8) is 0 Å². The van der Waals surface area contributed by atoms with E-state index in [1.54, 1.807) is 11.8 Å². The maximum absolute atomic E-state index is 11.5. The number of amides is 1. The Morgan fingerprint density at radius 1 is 1.62 bits per heavy atom. The van der Waals surface area contributed by atoms with Crippen molar-refractivity contribution in [1.29, 1.82) is 0 Å². The number of nitrogens with one attached hydrogen (secondary N) is 1. The molecule has 1 N–H and O–H groups in total. The second-order valence-electron chi connectivity index (χ2n) is 3.69. The van der Waals surface area contributed by atoms with E-state index in [1.807, 2.05) is 4.90 Å². The van der Waals surface area contributed by atoms with Gasteiger partial charge in [-0.15, -0.1) is 0 Å². The van der Waals surface area contributed by atoms with Crippen molar-refractivity contribution in [2.45, 2.75) is 18.9 Å². The van der Waals surface area contributed by atoms with Gasteiger partial charge in [0.05, 0.1) is 5.75 Å². The van der Waals surface area contributed by atoms with Gasteiger partial charge in [0.1, 0.15) is 0 Å². The van der Waals surface area contributed by atoms with E-state index in [0.717, 1.165) is 25.4 Å². The second kappa shape index (κ2) is 4.33. The normalized spacial score (nSPS) is 29.7. The van der Waals surface area contributed by atoms with Gasteiger partial charge in [-0.3, -0.25) is 4.79 Å². The van der Waals surface area contributed by atoms with Crippen LogP contribution in [0, 0.1) is 0 Å². The Labute approximate surface area is 83.2 Å². The van der Waals surface area contributed by atoms with Crippen LogP contribution in [0.5, 0.6) is 0 Å². The highest BCUT2D eigenvalue weighted by molar-refractivity contribution is 8.00. The summed E-state index contributed by atoms with van der Waals surface area (Å²) in [7, 11) is 0. The van der Waals surface area contributed by atoms with Gasteiger partial charge in [-0.05, 0) is 19.4 Å². The lowest BCUT2D eigenvalue weighted by Gasteiger charge is -2.28. The van der Waals surface area contributed by atoms with Gasteiger partial charge in [0.15, 0.2) is 0 Å². The maximum atomic E-state index is 11.5. The lowest BCUT2D eigenvalue weighted by Crippen LogP contribution is -2.45. The molecule has 1 atom stereocenters. The Balaban J connectivity index is 1.81. The third-order valence-electron chi connectivity index (χ3n) is 2.69. The van der Waals surface area contributed by atoms with Crippen LogP contribution in [0.3, 0.4) is 0 Å². The fraction of sp³-hybridized carbons (Fsp3) is 0.889. The smallest absolute Gasteiger partial charge is 0.232 e. The third-order valence-corrected chi connectivity index (χ3v) is 3.61. The molecular weight excluding hydrogens is 184 g/mol. The van der Waals surface area contributed by atoms with Crippen molar-refractivity contribution in [2.24, 2.45) is 0 Å². The minimum Gasteiger partial charge on any atom is -0.340 e. The molecule has 2 aliphatic rings. The molecular formula is C9H16N2OS. The van der Waals surface area contributed by atoms with Gasteiger partial charge < -0.3 is 10.2 Å². The number of carbonyl (C=O) groups is 1. The standard InChI is InChI=1S/C9H16N2OS/c12-9-7-13-5-4-11(9)6-8-2-1-3-10-8/h8,10H,1-7H2. The Morgan fingerprint density at radius 2 is 2.54 bits per heavy atom. The largest absolute Gasteiger partial charge is 0.340 e. The molecule has 2 aliphatic heterocycles. The fourth-order valence-electron chi connectivity index (χ4n) is 1.92. The summed E-state index contributed by atoms with van der Waals surface area (Å²) in [6.07, 6.45) is 2.50. The summed E-state index contributed by atoms with van der Waals surface area (Å²) in [6, 6.07) is 0.562. The van der Waals surface area contributed by atoms with Crippen molar-refractivity contribution in [1.82, 2.24) is 10.2 Å². The van der Waals surface area contributed by atoms with E-state index in [-0.39, 0.29) is 0 Å². The molecule has 0 aromatic heterocycles. The van der Waals surface area contributed by atoms with Crippen molar-refractivity contribution < 1.29 is 4.79 Å². The van der Waals surface area contributed by atoms with E-state index < -0.39 is 0 Å². The minimum absolute atomic E-state index is 0.324. The Kier molecular flexibility index (Phi) is 3.11. The van der Waals surface area contributed by atoms with Crippen molar-refractivity contribution >= 4 is 17.7 Å². The number of nitrogens with zero attached hydrogens (tertiary/aromatic N) is 1. The summed E-state index contributed by atoms with van der Waals surface area (Å²) in [5, 5.41) is 3.42. The topological polar surface area (TPSA) is 32.3 Å². The first-order valence-electron chi connectivity index (χ1n) is 4.95. The average Bonchev–Trinajstić information content (AvgIpc) is 2.61. The molecule has 13 heavy (non-hydrogen) atoms. The van der Waals surface area contributed by atoms with E-state index in [9.17, 15) is 4.79 Å². The molecule has 3 nitrogen and oxygen atoms in total. The van der Waals surface area contributed by atoms with E-state index in [4.69, 9.17) is 0 Å². The number of thioether (sulfide) groups is 1. The summed E-state index contributed by atoms with van der Waals surface area (Å²) >= 11 is 1.75. The average molecular weight is 200 g/mol. The molecule has 4 heteroatoms. The second-order valence-corrected chi connectivity index (χ2v) is 4.79. The van der Waals surface area contributed by atoms with Crippen LogP contribution in [0.25, 0.3) is 0 Å². The van der Waals surface area contributed by atoms with Gasteiger partial charge >= 0.3 is 0 Å². The third kappa shape index (κ3) is 2.38. The van der Waals surface area contributed by atoms with Gasteiger partial charge in [0, 0.05) is 24.9 Å². The molecule has 1 unspecified atom stereocenters. The Bertz CT molecular complexity index is 192. The fourth-order valence-corrected chi connectivity index (χ4v) is 2.77. The highest BCUT2D eigenvalue weighted by Crippen LogP contribution is 2.13. The van der Waals surface area contributed by atoms with Crippen molar-refractivity contribution in [2.75, 3.05) is 31.1 Å². The molecule has 0 aliphatic carbocycles. The molecule has 0 saturated carbocycles. The Morgan fingerprint density at radius 3 is 3.23 bits per heavy atom. The first-order chi connectivity index (χ1) is 6.36. The van der Waals surface area contributed by atoms with Gasteiger partial charge in [-0.2, -0.15) is 11.8 Å². The molecule has 1 amide bonds. The van der Waals surface area contributed by atoms with E-state index >= 15 is 0 Å². The summed E-state index contributed by atoms with van der Waals surface area (Å²) in [5.74, 6) is 2.12. The Hall–Kier alpha value is -0.220. The molecule has 2 fully saturated rings. The van der Waals surface area contributed by atoms with Crippen LogP contribution in [0.4, 0.5) is 0 Å². The van der Waals surface area contributed by atoms with Crippen LogP contribution < -0.4 is 5.32 Å². The summed E-state index contributed by atoms with van der Waals surface area (Å²) in [6.45, 7) is 3.00. The SMILES string of the molecule is O=C1CSCCN1CC1CCCN1. The van der Waals surface area contributed by atoms with Gasteiger partial charge in [-0.1, -0.05) is 0 Å². The molecule has 0 spiro atoms. The highest BCUT2D eigenvalue weighted by Gasteiger charge is 2.23. The van der Waals surface area contributed by atoms with E-state index in [1.165, 1.54) is 12.8 Å². The zero-order chi connectivity index (χ0) is 9.10. The molecule has 0 bridgehead atoms. The van der Waals surface area contributed by atoms with Gasteiger partial charge in [0.2, 0.25) is 5.91 Å². The minimum atomic E-state index is 0.324. The van der Waals surface area contributed by atoms with Crippen LogP contribution in [-0.4, -0.2) is 48.0 Å². The van der Waals surface area contributed by atoms with Crippen LogP contribution in [0.2, 0.25) is 0 Å². The first kappa shape index (κ1) is 9.34. The van der Waals surface area contributed by atoms with E-state index in [2.05, 4.69) is 5.32 Å². The van der Waals surface area contributed by atoms with Gasteiger partial charge in [-0.25, -0.2) is 0 Å². The summed E-state index contributed by atoms with van der Waals surface area (Å²) < 4.78 is 0. The zero-order valence-corrected chi connectivity index (χ0v) is 8.61. The quantitative estimate of drug-likeness (QED) is 0.696. The molecule has 2 rings (SSSR count). The number of rotatable bonds is 2. The van der Waals surface area contributed by atoms with Crippen LogP contribution >= 0.6 is 11.8 Å². The molecule has 2 heterocycles. The summed E-state index contributed by atoms with van der Waals surface area (Å²) in [5.41, 5.74) is 0. The van der Waals surface area contributed by atoms with Crippen LogP contribution in [-0.2, 0) is 4.79 Å². The number of carbonyl (C=O) groups excluding carboxylic acids is 1. The predicted octanol–water partition coefficient (Wildman–Crippen LogP) is 0.314. The molecule has 74 valence electrons. The maximum Gasteiger partial charge on any atom is 0.232 e. The monoisotopic (exact) mass is 200 g/mol. The zero-order valence-electron chi connectivity index (χ0n) is 7.79.